The van der Waals surface area contributed by atoms with E-state index in [1.807, 2.05) is 20.8 Å². The van der Waals surface area contributed by atoms with Gasteiger partial charge in [0.25, 0.3) is 0 Å². The molecule has 0 spiro atoms. The fourth-order valence-corrected chi connectivity index (χ4v) is 1.05. The molecule has 5 nitrogen and oxygen atoms in total. The summed E-state index contributed by atoms with van der Waals surface area (Å²) < 4.78 is 5.17. The molecule has 1 aromatic heterocycles. The average molecular weight is 211 g/mol. The van der Waals surface area contributed by atoms with Crippen molar-refractivity contribution >= 4 is 11.8 Å². The molecule has 0 radical (unpaired) electrons. The third kappa shape index (κ3) is 2.49. The molecule has 84 valence electrons. The summed E-state index contributed by atoms with van der Waals surface area (Å²) in [4.78, 5) is 12.7. The molecule has 0 bridgehead atoms. The number of hydrogen-bond acceptors (Lipinski definition) is 3. The first-order valence-electron chi connectivity index (χ1n) is 4.79. The maximum Gasteiger partial charge on any atom is 0.322 e. The van der Waals surface area contributed by atoms with Gasteiger partial charge in [-0.15, -0.1) is 0 Å². The number of nitrogens with one attached hydrogen (secondary N) is 1. The van der Waals surface area contributed by atoms with Gasteiger partial charge < -0.3 is 9.84 Å². The fraction of sp³-hybridized carbons (Fsp3) is 0.600. The number of amides is 2. The van der Waals surface area contributed by atoms with Gasteiger partial charge in [0.15, 0.2) is 5.82 Å². The second-order valence-electron chi connectivity index (χ2n) is 4.41. The lowest BCUT2D eigenvalue weighted by Gasteiger charge is -2.13. The van der Waals surface area contributed by atoms with Gasteiger partial charge in [0, 0.05) is 25.6 Å². The average Bonchev–Trinajstić information content (AvgIpc) is 2.63. The van der Waals surface area contributed by atoms with Gasteiger partial charge in [-0.3, -0.25) is 4.90 Å². The smallest absolute Gasteiger partial charge is 0.322 e. The number of urea groups is 1. The summed E-state index contributed by atoms with van der Waals surface area (Å²) in [5, 5.41) is 6.36. The van der Waals surface area contributed by atoms with E-state index in [0.717, 1.165) is 5.76 Å². The maximum atomic E-state index is 11.3. The first-order chi connectivity index (χ1) is 6.86. The molecular weight excluding hydrogens is 194 g/mol. The highest BCUT2D eigenvalue weighted by Gasteiger charge is 2.22. The minimum Gasteiger partial charge on any atom is -0.359 e. The van der Waals surface area contributed by atoms with Crippen LogP contribution in [0.5, 0.6) is 0 Å². The van der Waals surface area contributed by atoms with E-state index < -0.39 is 0 Å². The van der Waals surface area contributed by atoms with E-state index in [-0.39, 0.29) is 11.4 Å². The Balaban J connectivity index is 2.89. The van der Waals surface area contributed by atoms with Gasteiger partial charge in [0.1, 0.15) is 5.76 Å². The Morgan fingerprint density at radius 2 is 2.13 bits per heavy atom. The predicted molar refractivity (Wildman–Crippen MR) is 58.1 cm³/mol. The van der Waals surface area contributed by atoms with Gasteiger partial charge in [-0.1, -0.05) is 25.9 Å². The Morgan fingerprint density at radius 3 is 2.53 bits per heavy atom. The molecule has 0 fully saturated rings. The quantitative estimate of drug-likeness (QED) is 0.769. The van der Waals surface area contributed by atoms with Gasteiger partial charge in [0.05, 0.1) is 0 Å². The Hall–Kier alpha value is -1.52. The fourth-order valence-electron chi connectivity index (χ4n) is 1.05. The molecule has 0 aliphatic heterocycles. The molecule has 0 aromatic carbocycles. The zero-order valence-electron chi connectivity index (χ0n) is 9.79. The van der Waals surface area contributed by atoms with Gasteiger partial charge in [-0.25, -0.2) is 4.79 Å². The third-order valence-electron chi connectivity index (χ3n) is 2.10. The highest BCUT2D eigenvalue weighted by atomic mass is 16.5. The largest absolute Gasteiger partial charge is 0.359 e. The van der Waals surface area contributed by atoms with Crippen LogP contribution < -0.4 is 10.2 Å². The Labute approximate surface area is 89.4 Å². The van der Waals surface area contributed by atoms with Crippen LogP contribution in [-0.2, 0) is 5.41 Å². The molecule has 0 aliphatic carbocycles. The SMILES string of the molecule is CNC(=O)N(C)c1cc(C(C)(C)C)on1. The molecule has 1 heterocycles. The van der Waals surface area contributed by atoms with Crippen LogP contribution in [0.25, 0.3) is 0 Å². The number of nitrogens with zero attached hydrogens (tertiary/aromatic N) is 2. The van der Waals surface area contributed by atoms with E-state index in [9.17, 15) is 4.79 Å². The Bertz CT molecular complexity index is 352. The first-order valence-corrected chi connectivity index (χ1v) is 4.79. The van der Waals surface area contributed by atoms with Gasteiger partial charge in [-0.05, 0) is 0 Å². The van der Waals surface area contributed by atoms with Crippen molar-refractivity contribution in [1.82, 2.24) is 10.5 Å². The predicted octanol–water partition coefficient (Wildman–Crippen LogP) is 1.75. The van der Waals surface area contributed by atoms with Crippen LogP contribution >= 0.6 is 0 Å². The van der Waals surface area contributed by atoms with Crippen molar-refractivity contribution in [1.29, 1.82) is 0 Å². The molecule has 0 saturated heterocycles. The van der Waals surface area contributed by atoms with E-state index in [2.05, 4.69) is 10.5 Å². The molecule has 0 atom stereocenters. The number of aromatic nitrogens is 1. The molecule has 2 amide bonds. The van der Waals surface area contributed by atoms with E-state index >= 15 is 0 Å². The second kappa shape index (κ2) is 3.92. The molecule has 1 N–H and O–H groups in total. The molecule has 0 unspecified atom stereocenters. The Morgan fingerprint density at radius 1 is 1.53 bits per heavy atom. The lowest BCUT2D eigenvalue weighted by molar-refractivity contribution is 0.249. The van der Waals surface area contributed by atoms with Crippen LogP contribution in [0.2, 0.25) is 0 Å². The standard InChI is InChI=1S/C10H17N3O2/c1-10(2,3)7-6-8(12-15-7)13(5)9(14)11-4/h6H,1-5H3,(H,11,14). The topological polar surface area (TPSA) is 58.4 Å². The normalized spacial score (nSPS) is 11.3. The number of anilines is 1. The van der Waals surface area contributed by atoms with E-state index in [0.29, 0.717) is 5.82 Å². The third-order valence-corrected chi connectivity index (χ3v) is 2.10. The molecule has 0 saturated carbocycles. The monoisotopic (exact) mass is 211 g/mol. The lowest BCUT2D eigenvalue weighted by Crippen LogP contribution is -2.34. The van der Waals surface area contributed by atoms with Gasteiger partial charge >= 0.3 is 6.03 Å². The lowest BCUT2D eigenvalue weighted by atomic mass is 9.93. The molecular formula is C10H17N3O2. The highest BCUT2D eigenvalue weighted by Crippen LogP contribution is 2.25. The van der Waals surface area contributed by atoms with Crippen LogP contribution in [0.3, 0.4) is 0 Å². The zero-order chi connectivity index (χ0) is 11.6. The van der Waals surface area contributed by atoms with E-state index in [1.54, 1.807) is 20.2 Å². The number of hydrogen-bond donors (Lipinski definition) is 1. The summed E-state index contributed by atoms with van der Waals surface area (Å²) in [6.07, 6.45) is 0. The molecule has 5 heteroatoms. The summed E-state index contributed by atoms with van der Waals surface area (Å²) in [6.45, 7) is 6.07. The molecule has 15 heavy (non-hydrogen) atoms. The van der Waals surface area contributed by atoms with Crippen LogP contribution in [0, 0.1) is 0 Å². The summed E-state index contributed by atoms with van der Waals surface area (Å²) in [7, 11) is 3.21. The van der Waals surface area contributed by atoms with Crippen molar-refractivity contribution in [3.63, 3.8) is 0 Å². The second-order valence-corrected chi connectivity index (χ2v) is 4.41. The molecule has 0 aliphatic rings. The summed E-state index contributed by atoms with van der Waals surface area (Å²) in [5.41, 5.74) is -0.102. The Kier molecular flexibility index (Phi) is 3.02. The van der Waals surface area contributed by atoms with Crippen molar-refractivity contribution < 1.29 is 9.32 Å². The van der Waals surface area contributed by atoms with Crippen molar-refractivity contribution in [3.8, 4) is 0 Å². The summed E-state index contributed by atoms with van der Waals surface area (Å²) >= 11 is 0. The van der Waals surface area contributed by atoms with Crippen LogP contribution in [0.15, 0.2) is 10.6 Å². The van der Waals surface area contributed by atoms with E-state index in [1.165, 1.54) is 4.90 Å². The highest BCUT2D eigenvalue weighted by molar-refractivity contribution is 5.90. The van der Waals surface area contributed by atoms with Crippen molar-refractivity contribution in [2.24, 2.45) is 0 Å². The number of carbonyl (C=O) groups excluding carboxylic acids is 1. The van der Waals surface area contributed by atoms with Crippen molar-refractivity contribution in [2.75, 3.05) is 19.0 Å². The van der Waals surface area contributed by atoms with Crippen LogP contribution in [0.4, 0.5) is 10.6 Å². The maximum absolute atomic E-state index is 11.3. The minimum atomic E-state index is -0.219. The van der Waals surface area contributed by atoms with Crippen molar-refractivity contribution in [3.05, 3.63) is 11.8 Å². The van der Waals surface area contributed by atoms with Crippen LogP contribution in [-0.4, -0.2) is 25.3 Å². The van der Waals surface area contributed by atoms with Crippen LogP contribution in [0.1, 0.15) is 26.5 Å². The van der Waals surface area contributed by atoms with Gasteiger partial charge in [0.2, 0.25) is 0 Å². The summed E-state index contributed by atoms with van der Waals surface area (Å²) in [5.74, 6) is 1.27. The van der Waals surface area contributed by atoms with Crippen molar-refractivity contribution in [2.45, 2.75) is 26.2 Å². The molecule has 1 rings (SSSR count). The molecule has 1 aromatic rings. The summed E-state index contributed by atoms with van der Waals surface area (Å²) in [6, 6.07) is 1.55. The number of carbonyl (C=O) groups is 1. The number of rotatable bonds is 1. The van der Waals surface area contributed by atoms with Gasteiger partial charge in [-0.2, -0.15) is 0 Å². The minimum absolute atomic E-state index is 0.102. The van der Waals surface area contributed by atoms with E-state index in [4.69, 9.17) is 4.52 Å². The first kappa shape index (κ1) is 11.6. The zero-order valence-corrected chi connectivity index (χ0v) is 9.79.